The van der Waals surface area contributed by atoms with Gasteiger partial charge in [-0.25, -0.2) is 4.79 Å². The summed E-state index contributed by atoms with van der Waals surface area (Å²) in [4.78, 5) is 11.8. The van der Waals surface area contributed by atoms with Gasteiger partial charge in [-0.1, -0.05) is 0 Å². The minimum absolute atomic E-state index is 0.0257. The van der Waals surface area contributed by atoms with Crippen molar-refractivity contribution in [3.8, 4) is 16.3 Å². The molecule has 0 fully saturated rings. The fraction of sp³-hybridized carbons (Fsp3) is 0.0769. The maximum absolute atomic E-state index is 10.9. The summed E-state index contributed by atoms with van der Waals surface area (Å²) in [7, 11) is 1.71. The molecule has 0 atom stereocenters. The van der Waals surface area contributed by atoms with Crippen molar-refractivity contribution in [3.63, 3.8) is 0 Å². The van der Waals surface area contributed by atoms with Gasteiger partial charge < -0.3 is 10.2 Å². The van der Waals surface area contributed by atoms with Crippen molar-refractivity contribution in [3.05, 3.63) is 36.0 Å². The Labute approximate surface area is 112 Å². The SMILES string of the molecule is Cn1nc(C(=O)O)cc1-c1cc2cc(O)ccc2s1. The highest BCUT2D eigenvalue weighted by Crippen LogP contribution is 2.35. The molecule has 96 valence electrons. The Morgan fingerprint density at radius 2 is 2.11 bits per heavy atom. The van der Waals surface area contributed by atoms with Crippen molar-refractivity contribution in [2.45, 2.75) is 0 Å². The number of rotatable bonds is 2. The van der Waals surface area contributed by atoms with Crippen molar-refractivity contribution in [1.29, 1.82) is 0 Å². The maximum atomic E-state index is 10.9. The predicted octanol–water partition coefficient (Wildman–Crippen LogP) is 2.71. The van der Waals surface area contributed by atoms with E-state index in [0.717, 1.165) is 20.7 Å². The Bertz CT molecular complexity index is 788. The highest BCUT2D eigenvalue weighted by atomic mass is 32.1. The van der Waals surface area contributed by atoms with Crippen molar-refractivity contribution in [2.24, 2.45) is 7.05 Å². The zero-order valence-electron chi connectivity index (χ0n) is 9.99. The summed E-state index contributed by atoms with van der Waals surface area (Å²) in [6.07, 6.45) is 0. The number of carboxylic acids is 1. The van der Waals surface area contributed by atoms with E-state index in [-0.39, 0.29) is 11.4 Å². The molecule has 0 aliphatic carbocycles. The number of benzene rings is 1. The van der Waals surface area contributed by atoms with Gasteiger partial charge in [-0.05, 0) is 35.7 Å². The van der Waals surface area contributed by atoms with Crippen LogP contribution >= 0.6 is 11.3 Å². The van der Waals surface area contributed by atoms with Crippen molar-refractivity contribution >= 4 is 27.4 Å². The van der Waals surface area contributed by atoms with Gasteiger partial charge >= 0.3 is 5.97 Å². The zero-order valence-corrected chi connectivity index (χ0v) is 10.8. The molecule has 6 heteroatoms. The molecule has 0 amide bonds. The molecule has 0 aliphatic rings. The van der Waals surface area contributed by atoms with Crippen LogP contribution in [0.3, 0.4) is 0 Å². The van der Waals surface area contributed by atoms with Gasteiger partial charge in [0, 0.05) is 11.7 Å². The molecule has 5 nitrogen and oxygen atoms in total. The number of aromatic nitrogens is 2. The van der Waals surface area contributed by atoms with Crippen LogP contribution in [0, 0.1) is 0 Å². The van der Waals surface area contributed by atoms with Gasteiger partial charge in [-0.15, -0.1) is 11.3 Å². The quantitative estimate of drug-likeness (QED) is 0.753. The Kier molecular flexibility index (Phi) is 2.53. The molecule has 2 heterocycles. The van der Waals surface area contributed by atoms with E-state index in [2.05, 4.69) is 5.10 Å². The molecular weight excluding hydrogens is 264 g/mol. The van der Waals surface area contributed by atoms with E-state index in [0.29, 0.717) is 0 Å². The van der Waals surface area contributed by atoms with Crippen molar-refractivity contribution in [2.75, 3.05) is 0 Å². The first-order valence-corrected chi connectivity index (χ1v) is 6.36. The minimum Gasteiger partial charge on any atom is -0.508 e. The van der Waals surface area contributed by atoms with Gasteiger partial charge in [0.1, 0.15) is 5.75 Å². The van der Waals surface area contributed by atoms with Crippen LogP contribution in [0.15, 0.2) is 30.3 Å². The third kappa shape index (κ3) is 1.96. The Morgan fingerprint density at radius 1 is 1.32 bits per heavy atom. The largest absolute Gasteiger partial charge is 0.508 e. The Morgan fingerprint density at radius 3 is 2.79 bits per heavy atom. The average molecular weight is 274 g/mol. The highest BCUT2D eigenvalue weighted by molar-refractivity contribution is 7.22. The summed E-state index contributed by atoms with van der Waals surface area (Å²) in [6, 6.07) is 8.63. The molecule has 1 aromatic carbocycles. The van der Waals surface area contributed by atoms with Gasteiger partial charge in [-0.3, -0.25) is 4.68 Å². The molecule has 0 unspecified atom stereocenters. The van der Waals surface area contributed by atoms with Gasteiger partial charge in [0.25, 0.3) is 0 Å². The molecule has 2 N–H and O–H groups in total. The number of thiophene rings is 1. The standard InChI is InChI=1S/C13H10N2O3S/c1-15-10(6-9(14-15)13(17)18)12-5-7-4-8(16)2-3-11(7)19-12/h2-6,16H,1H3,(H,17,18). The van der Waals surface area contributed by atoms with Gasteiger partial charge in [0.15, 0.2) is 5.69 Å². The normalized spacial score (nSPS) is 11.0. The van der Waals surface area contributed by atoms with E-state index in [1.807, 2.05) is 12.1 Å². The van der Waals surface area contributed by atoms with Crippen molar-refractivity contribution in [1.82, 2.24) is 9.78 Å². The molecule has 3 rings (SSSR count). The number of phenols is 1. The Hall–Kier alpha value is -2.34. The first-order valence-electron chi connectivity index (χ1n) is 5.55. The van der Waals surface area contributed by atoms with Crippen LogP contribution in [-0.4, -0.2) is 26.0 Å². The molecule has 0 saturated carbocycles. The van der Waals surface area contributed by atoms with Crippen LogP contribution in [0.2, 0.25) is 0 Å². The summed E-state index contributed by atoms with van der Waals surface area (Å²) in [6.45, 7) is 0. The summed E-state index contributed by atoms with van der Waals surface area (Å²) < 4.78 is 2.58. The second-order valence-corrected chi connectivity index (χ2v) is 5.26. The number of hydrogen-bond acceptors (Lipinski definition) is 4. The molecule has 19 heavy (non-hydrogen) atoms. The molecule has 0 spiro atoms. The smallest absolute Gasteiger partial charge is 0.356 e. The lowest BCUT2D eigenvalue weighted by molar-refractivity contribution is 0.0689. The third-order valence-corrected chi connectivity index (χ3v) is 3.99. The van der Waals surface area contributed by atoms with Crippen LogP contribution in [0.1, 0.15) is 10.5 Å². The first-order chi connectivity index (χ1) is 9.04. The number of aryl methyl sites for hydroxylation is 1. The average Bonchev–Trinajstić information content (AvgIpc) is 2.91. The van der Waals surface area contributed by atoms with E-state index >= 15 is 0 Å². The van der Waals surface area contributed by atoms with E-state index in [1.165, 1.54) is 11.3 Å². The number of nitrogens with zero attached hydrogens (tertiary/aromatic N) is 2. The molecule has 0 radical (unpaired) electrons. The van der Waals surface area contributed by atoms with Crippen LogP contribution in [0.25, 0.3) is 20.7 Å². The number of hydrogen-bond donors (Lipinski definition) is 2. The van der Waals surface area contributed by atoms with Gasteiger partial charge in [0.05, 0.1) is 10.6 Å². The lowest BCUT2D eigenvalue weighted by Crippen LogP contribution is -1.99. The van der Waals surface area contributed by atoms with E-state index < -0.39 is 5.97 Å². The molecule has 0 saturated heterocycles. The van der Waals surface area contributed by atoms with E-state index in [9.17, 15) is 9.90 Å². The molecule has 0 bridgehead atoms. The van der Waals surface area contributed by atoms with Crippen molar-refractivity contribution < 1.29 is 15.0 Å². The first kappa shape index (κ1) is 11.7. The van der Waals surface area contributed by atoms with Gasteiger partial charge in [-0.2, -0.15) is 5.10 Å². The summed E-state index contributed by atoms with van der Waals surface area (Å²) in [5.74, 6) is -0.825. The summed E-state index contributed by atoms with van der Waals surface area (Å²) >= 11 is 1.53. The lowest BCUT2D eigenvalue weighted by atomic mass is 10.2. The monoisotopic (exact) mass is 274 g/mol. The maximum Gasteiger partial charge on any atom is 0.356 e. The molecule has 2 aromatic heterocycles. The molecule has 0 aliphatic heterocycles. The summed E-state index contributed by atoms with van der Waals surface area (Å²) in [5.41, 5.74) is 0.774. The topological polar surface area (TPSA) is 75.4 Å². The molecule has 3 aromatic rings. The second-order valence-electron chi connectivity index (χ2n) is 4.18. The number of phenolic OH excluding ortho intramolecular Hbond substituents is 1. The zero-order chi connectivity index (χ0) is 13.6. The lowest BCUT2D eigenvalue weighted by Gasteiger charge is -1.95. The fourth-order valence-electron chi connectivity index (χ4n) is 1.96. The van der Waals surface area contributed by atoms with Crippen LogP contribution in [-0.2, 0) is 7.05 Å². The van der Waals surface area contributed by atoms with E-state index in [4.69, 9.17) is 5.11 Å². The minimum atomic E-state index is -1.04. The summed E-state index contributed by atoms with van der Waals surface area (Å²) in [5, 5.41) is 23.3. The highest BCUT2D eigenvalue weighted by Gasteiger charge is 2.14. The van der Waals surface area contributed by atoms with Crippen LogP contribution in [0.4, 0.5) is 0 Å². The Balaban J connectivity index is 2.16. The van der Waals surface area contributed by atoms with E-state index in [1.54, 1.807) is 29.9 Å². The number of aromatic hydroxyl groups is 1. The number of fused-ring (bicyclic) bond motifs is 1. The number of carboxylic acid groups (broad SMARTS) is 1. The number of carbonyl (C=O) groups is 1. The molecular formula is C13H10N2O3S. The third-order valence-electron chi connectivity index (χ3n) is 2.85. The number of aromatic carboxylic acids is 1. The second kappa shape index (κ2) is 4.10. The van der Waals surface area contributed by atoms with Gasteiger partial charge in [0.2, 0.25) is 0 Å². The van der Waals surface area contributed by atoms with Crippen LogP contribution in [0.5, 0.6) is 5.75 Å². The fourth-order valence-corrected chi connectivity index (χ4v) is 3.05. The predicted molar refractivity (Wildman–Crippen MR) is 72.7 cm³/mol. The van der Waals surface area contributed by atoms with Crippen LogP contribution < -0.4 is 0 Å².